The average molecular weight is 136 g/mol. The summed E-state index contributed by atoms with van der Waals surface area (Å²) in [6.45, 7) is 4.52. The summed E-state index contributed by atoms with van der Waals surface area (Å²) in [6, 6.07) is 0. The molecule has 0 rings (SSSR count). The van der Waals surface area contributed by atoms with Gasteiger partial charge in [-0.3, -0.25) is 0 Å². The molecule has 0 spiro atoms. The molecule has 1 unspecified atom stereocenters. The molecule has 2 heteroatoms. The van der Waals surface area contributed by atoms with E-state index in [1.807, 2.05) is 0 Å². The van der Waals surface area contributed by atoms with Crippen LogP contribution in [-0.4, -0.2) is 18.3 Å². The van der Waals surface area contributed by atoms with Crippen molar-refractivity contribution in [3.8, 4) is 0 Å². The van der Waals surface area contributed by atoms with E-state index in [0.717, 1.165) is 0 Å². The molecule has 8 heavy (non-hydrogen) atoms. The molecule has 0 aliphatic heterocycles. The number of hydrogen-bond donors (Lipinski definition) is 0. The van der Waals surface area contributed by atoms with Crippen molar-refractivity contribution in [1.29, 1.82) is 0 Å². The molecule has 0 radical (unpaired) electrons. The second-order valence-corrected chi connectivity index (χ2v) is 3.02. The van der Waals surface area contributed by atoms with E-state index in [4.69, 9.17) is 0 Å². The van der Waals surface area contributed by atoms with Gasteiger partial charge >= 0.3 is 0 Å². The highest BCUT2D eigenvalue weighted by Gasteiger charge is 1.79. The minimum Gasteiger partial charge on any atom is -0.412 e. The minimum atomic E-state index is 0. The maximum atomic E-state index is 2.27. The van der Waals surface area contributed by atoms with Crippen molar-refractivity contribution in [2.24, 2.45) is 0 Å². The monoisotopic (exact) mass is 136 g/mol. The lowest BCUT2D eigenvalue weighted by molar-refractivity contribution is 0.777. The van der Waals surface area contributed by atoms with Gasteiger partial charge in [0.2, 0.25) is 0 Å². The van der Waals surface area contributed by atoms with Gasteiger partial charge in [-0.25, -0.2) is 0 Å². The van der Waals surface area contributed by atoms with E-state index >= 15 is 0 Å². The zero-order chi connectivity index (χ0) is 5.54. The Morgan fingerprint density at radius 2 is 1.88 bits per heavy atom. The fourth-order valence-corrected chi connectivity index (χ4v) is 1.16. The van der Waals surface area contributed by atoms with Gasteiger partial charge in [-0.15, -0.1) is 8.58 Å². The third kappa shape index (κ3) is 9.63. The lowest BCUT2D eigenvalue weighted by atomic mass is 10.3. The highest BCUT2D eigenvalue weighted by molar-refractivity contribution is 7.36. The van der Waals surface area contributed by atoms with Crippen molar-refractivity contribution >= 4 is 8.58 Å². The van der Waals surface area contributed by atoms with Crippen LogP contribution in [-0.2, 0) is 0 Å². The van der Waals surface area contributed by atoms with Crippen LogP contribution in [0.15, 0.2) is 0 Å². The first-order valence-electron chi connectivity index (χ1n) is 3.06. The Balaban J connectivity index is 0. The molecule has 0 bridgehead atoms. The maximum absolute atomic E-state index is 2.27. The van der Waals surface area contributed by atoms with Gasteiger partial charge in [0.05, 0.1) is 0 Å². The van der Waals surface area contributed by atoms with Crippen LogP contribution in [0.1, 0.15) is 26.2 Å². The molecule has 0 aliphatic carbocycles. The van der Waals surface area contributed by atoms with Crippen molar-refractivity contribution < 1.29 is 5.48 Å². The molecule has 0 heterocycles. The zero-order valence-corrected chi connectivity index (χ0v) is 6.83. The van der Waals surface area contributed by atoms with Crippen LogP contribution < -0.4 is 0 Å². The molecule has 0 saturated heterocycles. The largest absolute Gasteiger partial charge is 0.412 e. The SMILES string of the molecule is CCCCCPC.O. The van der Waals surface area contributed by atoms with Gasteiger partial charge < -0.3 is 5.48 Å². The molecular formula is C6H17OP. The molecule has 0 aromatic carbocycles. The molecule has 0 saturated carbocycles. The van der Waals surface area contributed by atoms with Crippen molar-refractivity contribution in [3.63, 3.8) is 0 Å². The summed E-state index contributed by atoms with van der Waals surface area (Å²) in [5.74, 6) is 0. The second kappa shape index (κ2) is 10.4. The molecule has 0 fully saturated rings. The first kappa shape index (κ1) is 11.2. The van der Waals surface area contributed by atoms with Crippen LogP contribution in [0.2, 0.25) is 0 Å². The van der Waals surface area contributed by atoms with Gasteiger partial charge in [0.25, 0.3) is 0 Å². The summed E-state index contributed by atoms with van der Waals surface area (Å²) in [4.78, 5) is 0. The van der Waals surface area contributed by atoms with E-state index < -0.39 is 0 Å². The van der Waals surface area contributed by atoms with Gasteiger partial charge in [-0.1, -0.05) is 19.8 Å². The summed E-state index contributed by atoms with van der Waals surface area (Å²) >= 11 is 0. The van der Waals surface area contributed by atoms with Gasteiger partial charge in [0, 0.05) is 0 Å². The predicted molar refractivity (Wildman–Crippen MR) is 42.2 cm³/mol. The highest BCUT2D eigenvalue weighted by Crippen LogP contribution is 2.06. The summed E-state index contributed by atoms with van der Waals surface area (Å²) in [5.41, 5.74) is 0. The van der Waals surface area contributed by atoms with E-state index in [1.165, 1.54) is 34.0 Å². The number of rotatable bonds is 4. The van der Waals surface area contributed by atoms with Crippen LogP contribution in [0, 0.1) is 0 Å². The topological polar surface area (TPSA) is 31.5 Å². The Labute approximate surface area is 54.0 Å². The molecule has 1 atom stereocenters. The van der Waals surface area contributed by atoms with Crippen molar-refractivity contribution in [3.05, 3.63) is 0 Å². The first-order valence-corrected chi connectivity index (χ1v) is 4.77. The van der Waals surface area contributed by atoms with Crippen LogP contribution in [0.5, 0.6) is 0 Å². The minimum absolute atomic E-state index is 0. The fourth-order valence-electron chi connectivity index (χ4n) is 0.552. The van der Waals surface area contributed by atoms with E-state index in [0.29, 0.717) is 0 Å². The molecule has 0 aromatic rings. The maximum Gasteiger partial charge on any atom is -0.0356 e. The summed E-state index contributed by atoms with van der Waals surface area (Å²) in [6.07, 6.45) is 5.70. The Bertz CT molecular complexity index is 27.7. The zero-order valence-electron chi connectivity index (χ0n) is 5.83. The Morgan fingerprint density at radius 3 is 2.25 bits per heavy atom. The lowest BCUT2D eigenvalue weighted by Gasteiger charge is -1.91. The van der Waals surface area contributed by atoms with Gasteiger partial charge in [-0.05, 0) is 19.2 Å². The highest BCUT2D eigenvalue weighted by atomic mass is 31.1. The van der Waals surface area contributed by atoms with E-state index in [2.05, 4.69) is 13.6 Å². The third-order valence-electron chi connectivity index (χ3n) is 1.03. The normalized spacial score (nSPS) is 9.75. The van der Waals surface area contributed by atoms with E-state index in [1.54, 1.807) is 0 Å². The second-order valence-electron chi connectivity index (χ2n) is 1.81. The molecule has 1 nitrogen and oxygen atoms in total. The van der Waals surface area contributed by atoms with Crippen molar-refractivity contribution in [2.75, 3.05) is 12.8 Å². The molecule has 52 valence electrons. The lowest BCUT2D eigenvalue weighted by Crippen LogP contribution is -1.73. The fraction of sp³-hybridized carbons (Fsp3) is 1.00. The third-order valence-corrected chi connectivity index (χ3v) is 1.88. The average Bonchev–Trinajstić information content (AvgIpc) is 1.69. The van der Waals surface area contributed by atoms with Crippen molar-refractivity contribution in [2.45, 2.75) is 26.2 Å². The smallest absolute Gasteiger partial charge is 0.0356 e. The molecule has 0 amide bonds. The van der Waals surface area contributed by atoms with Gasteiger partial charge in [0.15, 0.2) is 0 Å². The Morgan fingerprint density at radius 1 is 1.25 bits per heavy atom. The number of hydrogen-bond acceptors (Lipinski definition) is 0. The molecule has 0 aliphatic rings. The summed E-state index contributed by atoms with van der Waals surface area (Å²) in [7, 11) is 1.17. The summed E-state index contributed by atoms with van der Waals surface area (Å²) in [5, 5.41) is 0. The van der Waals surface area contributed by atoms with Crippen LogP contribution in [0.25, 0.3) is 0 Å². The van der Waals surface area contributed by atoms with Gasteiger partial charge in [-0.2, -0.15) is 0 Å². The van der Waals surface area contributed by atoms with Gasteiger partial charge in [0.1, 0.15) is 0 Å². The predicted octanol–water partition coefficient (Wildman–Crippen LogP) is 1.66. The van der Waals surface area contributed by atoms with E-state index in [-0.39, 0.29) is 5.48 Å². The van der Waals surface area contributed by atoms with Crippen LogP contribution in [0.3, 0.4) is 0 Å². The molecule has 0 aromatic heterocycles. The molecule has 2 N–H and O–H groups in total. The Kier molecular flexibility index (Phi) is 14.6. The molecular weight excluding hydrogens is 119 g/mol. The standard InChI is InChI=1S/C6H15P.H2O/c1-3-4-5-6-7-2;/h7H,3-6H2,1-2H3;1H2. The Hall–Kier alpha value is 0.390. The summed E-state index contributed by atoms with van der Waals surface area (Å²) < 4.78 is 0. The van der Waals surface area contributed by atoms with E-state index in [9.17, 15) is 0 Å². The van der Waals surface area contributed by atoms with Crippen molar-refractivity contribution in [1.82, 2.24) is 0 Å². The first-order chi connectivity index (χ1) is 3.41. The van der Waals surface area contributed by atoms with Crippen LogP contribution in [0.4, 0.5) is 0 Å². The number of unbranched alkanes of at least 4 members (excludes halogenated alkanes) is 2. The van der Waals surface area contributed by atoms with Crippen LogP contribution >= 0.6 is 8.58 Å². The quantitative estimate of drug-likeness (QED) is 0.416.